The molecule has 3 aliphatic carbocycles. The van der Waals surface area contributed by atoms with Crippen LogP contribution in [0.15, 0.2) is 65.8 Å². The van der Waals surface area contributed by atoms with E-state index < -0.39 is 15.3 Å². The van der Waals surface area contributed by atoms with E-state index in [1.54, 1.807) is 18.2 Å². The largest absolute Gasteiger partial charge is 0.228 e. The SMILES string of the molecule is NS(=O)(=O)C1C=CC(C2=CC3(C=C2c2ccc(F)cc2)CC3)=CC1. The fraction of sp³-hybridized carbons (Fsp3) is 0.263. The molecule has 124 valence electrons. The highest BCUT2D eigenvalue weighted by Crippen LogP contribution is 2.57. The molecule has 0 aliphatic heterocycles. The second-order valence-corrected chi connectivity index (χ2v) is 8.52. The van der Waals surface area contributed by atoms with Gasteiger partial charge in [-0.1, -0.05) is 42.5 Å². The molecule has 4 rings (SSSR count). The number of nitrogens with two attached hydrogens (primary N) is 1. The first-order chi connectivity index (χ1) is 11.4. The first-order valence-corrected chi connectivity index (χ1v) is 9.60. The molecule has 1 atom stereocenters. The van der Waals surface area contributed by atoms with Crippen molar-refractivity contribution in [3.05, 3.63) is 77.2 Å². The Kier molecular flexibility index (Phi) is 3.41. The van der Waals surface area contributed by atoms with Crippen LogP contribution < -0.4 is 5.14 Å². The minimum absolute atomic E-state index is 0.129. The number of sulfonamides is 1. The number of allylic oxidation sites excluding steroid dienone is 7. The van der Waals surface area contributed by atoms with E-state index >= 15 is 0 Å². The lowest BCUT2D eigenvalue weighted by Gasteiger charge is -2.17. The summed E-state index contributed by atoms with van der Waals surface area (Å²) in [5, 5.41) is 4.57. The molecule has 1 aromatic rings. The number of benzene rings is 1. The molecule has 0 radical (unpaired) electrons. The molecule has 0 heterocycles. The van der Waals surface area contributed by atoms with Crippen molar-refractivity contribution in [2.24, 2.45) is 10.6 Å². The van der Waals surface area contributed by atoms with E-state index in [0.717, 1.165) is 35.1 Å². The molecule has 2 N–H and O–H groups in total. The van der Waals surface area contributed by atoms with E-state index in [2.05, 4.69) is 12.2 Å². The van der Waals surface area contributed by atoms with Crippen molar-refractivity contribution in [3.8, 4) is 0 Å². The predicted molar refractivity (Wildman–Crippen MR) is 92.9 cm³/mol. The van der Waals surface area contributed by atoms with Crippen molar-refractivity contribution in [2.45, 2.75) is 24.5 Å². The molecule has 1 saturated carbocycles. The maximum absolute atomic E-state index is 13.2. The van der Waals surface area contributed by atoms with Crippen LogP contribution in [0.4, 0.5) is 4.39 Å². The molecule has 3 aliphatic rings. The third-order valence-corrected chi connectivity index (χ3v) is 6.12. The van der Waals surface area contributed by atoms with Gasteiger partial charge in [-0.15, -0.1) is 0 Å². The maximum atomic E-state index is 13.2. The summed E-state index contributed by atoms with van der Waals surface area (Å²) in [6.45, 7) is 0. The van der Waals surface area contributed by atoms with Crippen molar-refractivity contribution in [2.75, 3.05) is 0 Å². The molecular weight excluding hydrogens is 325 g/mol. The van der Waals surface area contributed by atoms with Crippen LogP contribution in [0.3, 0.4) is 0 Å². The topological polar surface area (TPSA) is 60.2 Å². The molecule has 1 aromatic carbocycles. The van der Waals surface area contributed by atoms with Crippen LogP contribution in [0, 0.1) is 11.2 Å². The molecule has 1 unspecified atom stereocenters. The van der Waals surface area contributed by atoms with Gasteiger partial charge in [0.15, 0.2) is 0 Å². The van der Waals surface area contributed by atoms with E-state index in [0.29, 0.717) is 6.42 Å². The van der Waals surface area contributed by atoms with E-state index in [1.165, 1.54) is 12.1 Å². The van der Waals surface area contributed by atoms with Crippen LogP contribution in [0.25, 0.3) is 5.57 Å². The zero-order valence-corrected chi connectivity index (χ0v) is 13.9. The summed E-state index contributed by atoms with van der Waals surface area (Å²) in [6, 6.07) is 6.51. The third-order valence-electron chi connectivity index (χ3n) is 4.93. The van der Waals surface area contributed by atoms with Crippen LogP contribution in [0.2, 0.25) is 0 Å². The van der Waals surface area contributed by atoms with Gasteiger partial charge in [0.05, 0.1) is 5.25 Å². The van der Waals surface area contributed by atoms with Crippen LogP contribution in [0.5, 0.6) is 0 Å². The molecule has 1 spiro atoms. The first kappa shape index (κ1) is 15.5. The van der Waals surface area contributed by atoms with Crippen molar-refractivity contribution in [3.63, 3.8) is 0 Å². The summed E-state index contributed by atoms with van der Waals surface area (Å²) < 4.78 is 36.2. The van der Waals surface area contributed by atoms with Crippen LogP contribution in [-0.2, 0) is 10.0 Å². The van der Waals surface area contributed by atoms with Gasteiger partial charge in [-0.3, -0.25) is 0 Å². The Labute approximate surface area is 141 Å². The minimum atomic E-state index is -3.56. The van der Waals surface area contributed by atoms with Gasteiger partial charge in [-0.25, -0.2) is 17.9 Å². The smallest absolute Gasteiger partial charge is 0.215 e. The molecule has 0 bridgehead atoms. The van der Waals surface area contributed by atoms with Gasteiger partial charge in [0.1, 0.15) is 5.82 Å². The van der Waals surface area contributed by atoms with E-state index in [1.807, 2.05) is 12.2 Å². The quantitative estimate of drug-likeness (QED) is 0.913. The molecule has 0 amide bonds. The van der Waals surface area contributed by atoms with E-state index in [4.69, 9.17) is 5.14 Å². The highest BCUT2D eigenvalue weighted by atomic mass is 32.2. The Bertz CT molecular complexity index is 917. The van der Waals surface area contributed by atoms with Crippen LogP contribution in [0.1, 0.15) is 24.8 Å². The van der Waals surface area contributed by atoms with Gasteiger partial charge >= 0.3 is 0 Å². The fourth-order valence-corrected chi connectivity index (χ4v) is 4.02. The zero-order chi connectivity index (χ0) is 16.9. The van der Waals surface area contributed by atoms with E-state index in [-0.39, 0.29) is 11.2 Å². The second-order valence-electron chi connectivity index (χ2n) is 6.74. The lowest BCUT2D eigenvalue weighted by Crippen LogP contribution is -2.27. The van der Waals surface area contributed by atoms with Crippen molar-refractivity contribution in [1.29, 1.82) is 0 Å². The monoisotopic (exact) mass is 343 g/mol. The van der Waals surface area contributed by atoms with Gasteiger partial charge < -0.3 is 0 Å². The van der Waals surface area contributed by atoms with Gasteiger partial charge in [0.2, 0.25) is 10.0 Å². The summed E-state index contributed by atoms with van der Waals surface area (Å²) in [6.07, 6.45) is 12.6. The Hall–Kier alpha value is -1.98. The first-order valence-electron chi connectivity index (χ1n) is 7.99. The third kappa shape index (κ3) is 2.78. The predicted octanol–water partition coefficient (Wildman–Crippen LogP) is 3.47. The minimum Gasteiger partial charge on any atom is -0.228 e. The number of hydrogen-bond donors (Lipinski definition) is 1. The average molecular weight is 343 g/mol. The standard InChI is InChI=1S/C19H18FNO2S/c20-15-5-1-13(2-6-15)17-11-19(9-10-19)12-18(17)14-3-7-16(8-4-14)24(21,22)23/h1-7,11-12,16H,8-10H2,(H2,21,22,23). The number of rotatable bonds is 3. The van der Waals surface area contributed by atoms with Gasteiger partial charge in [0.25, 0.3) is 0 Å². The van der Waals surface area contributed by atoms with Gasteiger partial charge in [-0.2, -0.15) is 0 Å². The Morgan fingerprint density at radius 1 is 1.08 bits per heavy atom. The van der Waals surface area contributed by atoms with Crippen LogP contribution >= 0.6 is 0 Å². The fourth-order valence-electron chi connectivity index (χ4n) is 3.36. The molecule has 0 aromatic heterocycles. The highest BCUT2D eigenvalue weighted by molar-refractivity contribution is 7.89. The Morgan fingerprint density at radius 3 is 2.29 bits per heavy atom. The summed E-state index contributed by atoms with van der Waals surface area (Å²) in [4.78, 5) is 0. The summed E-state index contributed by atoms with van der Waals surface area (Å²) in [5.41, 5.74) is 4.31. The van der Waals surface area contributed by atoms with Gasteiger partial charge in [0, 0.05) is 5.41 Å². The molecule has 24 heavy (non-hydrogen) atoms. The highest BCUT2D eigenvalue weighted by Gasteiger charge is 2.43. The lowest BCUT2D eigenvalue weighted by atomic mass is 9.92. The summed E-state index contributed by atoms with van der Waals surface area (Å²) >= 11 is 0. The molecule has 0 saturated heterocycles. The average Bonchev–Trinajstić information content (AvgIpc) is 3.19. The summed E-state index contributed by atoms with van der Waals surface area (Å²) in [5.74, 6) is -0.253. The summed E-state index contributed by atoms with van der Waals surface area (Å²) in [7, 11) is -3.56. The molecule has 5 heteroatoms. The molecular formula is C19H18FNO2S. The van der Waals surface area contributed by atoms with Crippen molar-refractivity contribution in [1.82, 2.24) is 0 Å². The van der Waals surface area contributed by atoms with Crippen molar-refractivity contribution >= 4 is 15.6 Å². The molecule has 3 nitrogen and oxygen atoms in total. The Balaban J connectivity index is 1.68. The van der Waals surface area contributed by atoms with Gasteiger partial charge in [-0.05, 0) is 53.7 Å². The van der Waals surface area contributed by atoms with E-state index in [9.17, 15) is 12.8 Å². The Morgan fingerprint density at radius 2 is 1.75 bits per heavy atom. The number of primary sulfonamides is 1. The number of halogens is 1. The zero-order valence-electron chi connectivity index (χ0n) is 13.1. The lowest BCUT2D eigenvalue weighted by molar-refractivity contribution is 0.589. The maximum Gasteiger partial charge on any atom is 0.215 e. The second kappa shape index (κ2) is 5.26. The van der Waals surface area contributed by atoms with Crippen LogP contribution in [-0.4, -0.2) is 13.7 Å². The normalized spacial score (nSPS) is 24.6. The van der Waals surface area contributed by atoms with Crippen molar-refractivity contribution < 1.29 is 12.8 Å². The molecule has 1 fully saturated rings. The number of hydrogen-bond acceptors (Lipinski definition) is 2.